The summed E-state index contributed by atoms with van der Waals surface area (Å²) in [5.41, 5.74) is 2.94. The van der Waals surface area contributed by atoms with E-state index >= 15 is 0 Å². The minimum absolute atomic E-state index is 0.287. The van der Waals surface area contributed by atoms with Crippen molar-refractivity contribution >= 4 is 34.8 Å². The van der Waals surface area contributed by atoms with E-state index in [0.29, 0.717) is 21.9 Å². The fraction of sp³-hybridized carbons (Fsp3) is 0.130. The molecule has 0 saturated heterocycles. The number of aryl methyl sites for hydroxylation is 1. The Hall–Kier alpha value is -3.05. The number of rotatable bonds is 6. The maximum atomic E-state index is 13.3. The smallest absolute Gasteiger partial charge is 0.272 e. The molecule has 0 spiro atoms. The van der Waals surface area contributed by atoms with Crippen molar-refractivity contribution in [3.63, 3.8) is 0 Å². The van der Waals surface area contributed by atoms with Crippen LogP contribution >= 0.6 is 11.8 Å². The molecular formula is C23H19NO3S. The molecule has 140 valence electrons. The molecule has 0 aliphatic carbocycles. The highest BCUT2D eigenvalue weighted by atomic mass is 32.2. The summed E-state index contributed by atoms with van der Waals surface area (Å²) in [6, 6.07) is 20.6. The number of thioether (sulfide) groups is 1. The Kier molecular flexibility index (Phi) is 5.17. The number of furan rings is 1. The molecule has 0 N–H and O–H groups in total. The first kappa shape index (κ1) is 18.3. The second kappa shape index (κ2) is 7.90. The summed E-state index contributed by atoms with van der Waals surface area (Å²) in [7, 11) is 0. The number of anilines is 1. The lowest BCUT2D eigenvalue weighted by atomic mass is 10.1. The molecular weight excluding hydrogens is 370 g/mol. The average Bonchev–Trinajstić information content (AvgIpc) is 3.33. The third-order valence-electron chi connectivity index (χ3n) is 4.65. The molecule has 0 bridgehead atoms. The van der Waals surface area contributed by atoms with Crippen molar-refractivity contribution in [3.8, 4) is 0 Å². The van der Waals surface area contributed by atoms with E-state index in [9.17, 15) is 9.59 Å². The van der Waals surface area contributed by atoms with Crippen molar-refractivity contribution in [3.05, 3.63) is 94.8 Å². The van der Waals surface area contributed by atoms with Gasteiger partial charge >= 0.3 is 0 Å². The molecule has 4 rings (SSSR count). The summed E-state index contributed by atoms with van der Waals surface area (Å²) in [5, 5.41) is 0. The minimum atomic E-state index is -0.289. The molecule has 0 radical (unpaired) electrons. The second-order valence-corrected chi connectivity index (χ2v) is 7.39. The standard InChI is InChI=1S/C23H19NO3S/c1-2-16-10-12-18(13-11-16)24-22(25)20(17-7-4-3-5-8-17)21(23(24)26)28-15-19-9-6-14-27-19/h3-14H,2,15H2,1H3. The van der Waals surface area contributed by atoms with Crippen LogP contribution in [0, 0.1) is 0 Å². The van der Waals surface area contributed by atoms with Crippen molar-refractivity contribution in [2.45, 2.75) is 19.1 Å². The molecule has 0 fully saturated rings. The van der Waals surface area contributed by atoms with Crippen LogP contribution < -0.4 is 4.90 Å². The number of carbonyl (C=O) groups is 2. The third-order valence-corrected chi connectivity index (χ3v) is 5.74. The molecule has 2 amide bonds. The van der Waals surface area contributed by atoms with E-state index in [4.69, 9.17) is 4.42 Å². The Morgan fingerprint density at radius 3 is 2.29 bits per heavy atom. The molecule has 1 aliphatic rings. The molecule has 1 aliphatic heterocycles. The summed E-state index contributed by atoms with van der Waals surface area (Å²) >= 11 is 1.34. The fourth-order valence-corrected chi connectivity index (χ4v) is 4.17. The Morgan fingerprint density at radius 1 is 0.893 bits per heavy atom. The summed E-state index contributed by atoms with van der Waals surface area (Å²) in [6.45, 7) is 2.07. The van der Waals surface area contributed by atoms with Crippen LogP contribution in [0.1, 0.15) is 23.8 Å². The van der Waals surface area contributed by atoms with Gasteiger partial charge in [-0.05, 0) is 41.8 Å². The number of imide groups is 1. The van der Waals surface area contributed by atoms with Gasteiger partial charge in [0.15, 0.2) is 0 Å². The fourth-order valence-electron chi connectivity index (χ4n) is 3.16. The van der Waals surface area contributed by atoms with E-state index < -0.39 is 0 Å². The van der Waals surface area contributed by atoms with Crippen LogP contribution in [0.5, 0.6) is 0 Å². The monoisotopic (exact) mass is 389 g/mol. The molecule has 0 atom stereocenters. The van der Waals surface area contributed by atoms with Crippen LogP contribution in [-0.2, 0) is 21.8 Å². The van der Waals surface area contributed by atoms with E-state index in [0.717, 1.165) is 23.3 Å². The van der Waals surface area contributed by atoms with Gasteiger partial charge in [-0.1, -0.05) is 49.4 Å². The molecule has 4 nitrogen and oxygen atoms in total. The Morgan fingerprint density at radius 2 is 1.64 bits per heavy atom. The molecule has 2 heterocycles. The van der Waals surface area contributed by atoms with Crippen LogP contribution in [0.2, 0.25) is 0 Å². The molecule has 28 heavy (non-hydrogen) atoms. The van der Waals surface area contributed by atoms with Gasteiger partial charge in [0.25, 0.3) is 11.8 Å². The highest BCUT2D eigenvalue weighted by Crippen LogP contribution is 2.39. The van der Waals surface area contributed by atoms with Gasteiger partial charge in [0.2, 0.25) is 0 Å². The molecule has 3 aromatic rings. The molecule has 2 aromatic carbocycles. The summed E-state index contributed by atoms with van der Waals surface area (Å²) in [6.07, 6.45) is 2.51. The van der Waals surface area contributed by atoms with Crippen molar-refractivity contribution in [1.29, 1.82) is 0 Å². The number of benzene rings is 2. The lowest BCUT2D eigenvalue weighted by Gasteiger charge is -2.15. The van der Waals surface area contributed by atoms with Gasteiger partial charge in [-0.3, -0.25) is 9.59 Å². The first-order chi connectivity index (χ1) is 13.7. The highest BCUT2D eigenvalue weighted by molar-refractivity contribution is 8.03. The molecule has 0 unspecified atom stereocenters. The average molecular weight is 389 g/mol. The lowest BCUT2D eigenvalue weighted by molar-refractivity contribution is -0.119. The first-order valence-corrected chi connectivity index (χ1v) is 10.1. The molecule has 5 heteroatoms. The zero-order valence-electron chi connectivity index (χ0n) is 15.4. The Labute approximate surface area is 167 Å². The van der Waals surface area contributed by atoms with Crippen molar-refractivity contribution < 1.29 is 14.0 Å². The van der Waals surface area contributed by atoms with E-state index in [1.54, 1.807) is 6.26 Å². The quantitative estimate of drug-likeness (QED) is 0.553. The maximum Gasteiger partial charge on any atom is 0.272 e. The van der Waals surface area contributed by atoms with Gasteiger partial charge < -0.3 is 4.42 Å². The van der Waals surface area contributed by atoms with Crippen molar-refractivity contribution in [2.75, 3.05) is 4.90 Å². The molecule has 0 saturated carbocycles. The number of amides is 2. The number of nitrogens with zero attached hydrogens (tertiary/aromatic N) is 1. The van der Waals surface area contributed by atoms with Crippen LogP contribution in [0.25, 0.3) is 5.57 Å². The number of carbonyl (C=O) groups excluding carboxylic acids is 2. The van der Waals surface area contributed by atoms with Crippen LogP contribution in [-0.4, -0.2) is 11.8 Å². The topological polar surface area (TPSA) is 50.5 Å². The largest absolute Gasteiger partial charge is 0.468 e. The van der Waals surface area contributed by atoms with Gasteiger partial charge in [0.05, 0.1) is 28.2 Å². The zero-order valence-corrected chi connectivity index (χ0v) is 16.2. The van der Waals surface area contributed by atoms with Crippen LogP contribution in [0.3, 0.4) is 0 Å². The maximum absolute atomic E-state index is 13.3. The minimum Gasteiger partial charge on any atom is -0.468 e. The van der Waals surface area contributed by atoms with Gasteiger partial charge in [0.1, 0.15) is 5.76 Å². The predicted molar refractivity (Wildman–Crippen MR) is 112 cm³/mol. The van der Waals surface area contributed by atoms with Crippen LogP contribution in [0.4, 0.5) is 5.69 Å². The predicted octanol–water partition coefficient (Wildman–Crippen LogP) is 5.06. The van der Waals surface area contributed by atoms with Crippen LogP contribution in [0.15, 0.2) is 82.3 Å². The number of hydrogen-bond acceptors (Lipinski definition) is 4. The van der Waals surface area contributed by atoms with Gasteiger partial charge in [-0.15, -0.1) is 11.8 Å². The molecule has 1 aromatic heterocycles. The second-order valence-electron chi connectivity index (χ2n) is 6.40. The zero-order chi connectivity index (χ0) is 19.5. The first-order valence-electron chi connectivity index (χ1n) is 9.11. The summed E-state index contributed by atoms with van der Waals surface area (Å²) in [5.74, 6) is 0.670. The van der Waals surface area contributed by atoms with Crippen molar-refractivity contribution in [2.24, 2.45) is 0 Å². The van der Waals surface area contributed by atoms with E-state index in [-0.39, 0.29) is 11.8 Å². The summed E-state index contributed by atoms with van der Waals surface area (Å²) in [4.78, 5) is 28.2. The van der Waals surface area contributed by atoms with E-state index in [1.807, 2.05) is 66.7 Å². The van der Waals surface area contributed by atoms with Gasteiger partial charge in [0, 0.05) is 0 Å². The van der Waals surface area contributed by atoms with E-state index in [2.05, 4.69) is 6.92 Å². The third kappa shape index (κ3) is 3.41. The number of hydrogen-bond donors (Lipinski definition) is 0. The normalized spacial score (nSPS) is 14.2. The van der Waals surface area contributed by atoms with Gasteiger partial charge in [-0.25, -0.2) is 4.90 Å². The highest BCUT2D eigenvalue weighted by Gasteiger charge is 2.40. The lowest BCUT2D eigenvalue weighted by Crippen LogP contribution is -2.31. The Balaban J connectivity index is 1.71. The van der Waals surface area contributed by atoms with E-state index in [1.165, 1.54) is 16.7 Å². The summed E-state index contributed by atoms with van der Waals surface area (Å²) < 4.78 is 5.38. The SMILES string of the molecule is CCc1ccc(N2C(=O)C(SCc3ccco3)=C(c3ccccc3)C2=O)cc1. The van der Waals surface area contributed by atoms with Crippen molar-refractivity contribution in [1.82, 2.24) is 0 Å². The van der Waals surface area contributed by atoms with Gasteiger partial charge in [-0.2, -0.15) is 0 Å². The Bertz CT molecular complexity index is 1020.